The van der Waals surface area contributed by atoms with Crippen molar-refractivity contribution in [3.05, 3.63) is 0 Å². The minimum Gasteiger partial charge on any atom is -0.355 e. The van der Waals surface area contributed by atoms with Gasteiger partial charge in [-0.25, -0.2) is 9.79 Å². The third-order valence-corrected chi connectivity index (χ3v) is 6.51. The summed E-state index contributed by atoms with van der Waals surface area (Å²) in [5, 5.41) is 0. The first-order valence-corrected chi connectivity index (χ1v) is 10.0. The molecule has 0 bridgehead atoms. The fourth-order valence-corrected chi connectivity index (χ4v) is 3.73. The molecule has 0 amide bonds. The van der Waals surface area contributed by atoms with Gasteiger partial charge in [0.2, 0.25) is 6.08 Å². The molecule has 0 N–H and O–H groups in total. The summed E-state index contributed by atoms with van der Waals surface area (Å²) in [6.07, 6.45) is 2.27. The Morgan fingerprint density at radius 3 is 2.12 bits per heavy atom. The van der Waals surface area contributed by atoms with Gasteiger partial charge in [-0.15, -0.1) is 0 Å². The van der Waals surface area contributed by atoms with E-state index in [1.165, 1.54) is 21.3 Å². The molecule has 1 atom stereocenters. The van der Waals surface area contributed by atoms with Gasteiger partial charge >= 0.3 is 9.05 Å². The van der Waals surface area contributed by atoms with Gasteiger partial charge in [0.15, 0.2) is 0 Å². The van der Waals surface area contributed by atoms with Crippen molar-refractivity contribution < 1.29 is 22.5 Å². The molecule has 0 aromatic heterocycles. The Hall–Kier alpha value is -0.346. The maximum Gasteiger partial charge on any atom is 0.678 e. The van der Waals surface area contributed by atoms with Crippen LogP contribution in [-0.4, -0.2) is 57.5 Å². The first-order valence-electron chi connectivity index (χ1n) is 5.41. The van der Waals surface area contributed by atoms with Gasteiger partial charge in [0.1, 0.15) is 0 Å². The Labute approximate surface area is 105 Å². The summed E-state index contributed by atoms with van der Waals surface area (Å²) in [6, 6.07) is 0. The zero-order valence-electron chi connectivity index (χ0n) is 11.1. The lowest BCUT2D eigenvalue weighted by atomic mass is 10.4. The minimum absolute atomic E-state index is 0.0322. The van der Waals surface area contributed by atoms with E-state index in [1.54, 1.807) is 6.08 Å². The Morgan fingerprint density at radius 1 is 1.24 bits per heavy atom. The van der Waals surface area contributed by atoms with Gasteiger partial charge in [0, 0.05) is 27.9 Å². The van der Waals surface area contributed by atoms with Gasteiger partial charge in [-0.3, -0.25) is 0 Å². The van der Waals surface area contributed by atoms with Gasteiger partial charge in [-0.2, -0.15) is 0 Å². The molecule has 0 aliphatic heterocycles. The van der Waals surface area contributed by atoms with E-state index < -0.39 is 17.8 Å². The molecule has 0 saturated heterocycles. The van der Waals surface area contributed by atoms with Crippen LogP contribution >= 0.6 is 0 Å². The summed E-state index contributed by atoms with van der Waals surface area (Å²) < 4.78 is 20.9. The second kappa shape index (κ2) is 8.70. The lowest BCUT2D eigenvalue weighted by Gasteiger charge is -2.23. The number of isocyanates is 1. The van der Waals surface area contributed by atoms with Crippen LogP contribution in [0.5, 0.6) is 0 Å². The van der Waals surface area contributed by atoms with E-state index in [-0.39, 0.29) is 5.67 Å². The van der Waals surface area contributed by atoms with Gasteiger partial charge in [-0.05, 0) is 6.42 Å². The highest BCUT2D eigenvalue weighted by molar-refractivity contribution is 6.57. The van der Waals surface area contributed by atoms with Crippen LogP contribution in [0.4, 0.5) is 0 Å². The Kier molecular flexibility index (Phi) is 8.52. The predicted octanol–water partition coefficient (Wildman–Crippen LogP) is 0.498. The summed E-state index contributed by atoms with van der Waals surface area (Å²) in [5.41, 5.74) is 0.0322. The smallest absolute Gasteiger partial charge is 0.355 e. The van der Waals surface area contributed by atoms with E-state index >= 15 is 0 Å². The summed E-state index contributed by atoms with van der Waals surface area (Å²) in [6.45, 7) is 4.64. The van der Waals surface area contributed by atoms with E-state index in [1.807, 2.05) is 0 Å². The van der Waals surface area contributed by atoms with Crippen molar-refractivity contribution in [1.29, 1.82) is 0 Å². The number of aliphatic imine (C=N–C) groups is 1. The molecule has 0 rings (SSSR count). The van der Waals surface area contributed by atoms with Crippen LogP contribution in [0.1, 0.15) is 6.42 Å². The normalized spacial score (nSPS) is 13.5. The Bertz CT molecular complexity index is 246. The van der Waals surface area contributed by atoms with Crippen LogP contribution in [0, 0.1) is 0 Å². The monoisotopic (exact) mass is 279 g/mol. The van der Waals surface area contributed by atoms with Crippen LogP contribution in [-0.2, 0) is 22.5 Å². The molecule has 0 aromatic carbocycles. The number of hydrogen-bond donors (Lipinski definition) is 0. The Morgan fingerprint density at radius 2 is 1.76 bits per heavy atom. The molecule has 0 aliphatic rings. The highest BCUT2D eigenvalue weighted by Gasteiger charge is 2.42. The quantitative estimate of drug-likeness (QED) is 0.349. The summed E-state index contributed by atoms with van der Waals surface area (Å²) >= 11 is 0. The van der Waals surface area contributed by atoms with Crippen LogP contribution in [0.3, 0.4) is 0 Å². The largest absolute Gasteiger partial charge is 0.678 e. The topological polar surface area (TPSA) is 66.3 Å². The zero-order chi connectivity index (χ0) is 13.3. The third-order valence-electron chi connectivity index (χ3n) is 2.43. The number of carbonyl (C=O) groups excluding carboxylic acids is 1. The van der Waals surface area contributed by atoms with E-state index in [4.69, 9.17) is 17.7 Å². The van der Waals surface area contributed by atoms with Crippen molar-refractivity contribution in [1.82, 2.24) is 0 Å². The zero-order valence-corrected chi connectivity index (χ0v) is 13.2. The molecule has 6 nitrogen and oxygen atoms in total. The van der Waals surface area contributed by atoms with Crippen molar-refractivity contribution >= 4 is 23.9 Å². The lowest BCUT2D eigenvalue weighted by Crippen LogP contribution is -2.47. The Balaban J connectivity index is 4.23. The highest BCUT2D eigenvalue weighted by atomic mass is 28.4. The first-order chi connectivity index (χ1) is 8.05. The molecular weight excluding hydrogens is 258 g/mol. The predicted molar refractivity (Wildman–Crippen MR) is 68.1 cm³/mol. The maximum absolute atomic E-state index is 10.3. The van der Waals surface area contributed by atoms with Gasteiger partial charge in [-0.1, -0.05) is 13.1 Å². The fourth-order valence-electron chi connectivity index (χ4n) is 1.35. The average molecular weight is 279 g/mol. The highest BCUT2D eigenvalue weighted by Crippen LogP contribution is 2.10. The molecule has 0 saturated carbocycles. The van der Waals surface area contributed by atoms with Crippen LogP contribution < -0.4 is 0 Å². The number of rotatable bonds is 9. The third kappa shape index (κ3) is 5.69. The van der Waals surface area contributed by atoms with Crippen molar-refractivity contribution in [3.8, 4) is 0 Å². The number of nitrogens with zero attached hydrogens (tertiary/aromatic N) is 1. The van der Waals surface area contributed by atoms with E-state index in [0.29, 0.717) is 13.0 Å². The van der Waals surface area contributed by atoms with E-state index in [9.17, 15) is 4.79 Å². The summed E-state index contributed by atoms with van der Waals surface area (Å²) in [4.78, 5) is 14.1. The standard InChI is InChI=1S/C9H21NO5Si2/c1-12-17(13-2,14-3)15-7-6-9(10-8-11)16(4)5/h9,16H,6-7H2,1-5H3. The molecule has 8 heteroatoms. The van der Waals surface area contributed by atoms with Gasteiger partial charge in [0.25, 0.3) is 0 Å². The fraction of sp³-hybridized carbons (Fsp3) is 0.889. The van der Waals surface area contributed by atoms with Crippen molar-refractivity contribution in [2.45, 2.75) is 25.2 Å². The molecule has 100 valence electrons. The lowest BCUT2D eigenvalue weighted by molar-refractivity contribution is 0.00531. The van der Waals surface area contributed by atoms with Crippen LogP contribution in [0.2, 0.25) is 13.1 Å². The second-order valence-corrected chi connectivity index (χ2v) is 9.55. The van der Waals surface area contributed by atoms with Crippen molar-refractivity contribution in [2.24, 2.45) is 4.99 Å². The summed E-state index contributed by atoms with van der Waals surface area (Å²) in [5.74, 6) is 0. The molecule has 0 aromatic rings. The molecule has 0 fully saturated rings. The van der Waals surface area contributed by atoms with E-state index in [0.717, 1.165) is 0 Å². The first kappa shape index (κ1) is 16.7. The molecule has 0 spiro atoms. The SMILES string of the molecule is CO[Si](OC)(OC)OCCC(N=C=O)[SiH](C)C. The van der Waals surface area contributed by atoms with Gasteiger partial charge in [0.05, 0.1) is 14.5 Å². The average Bonchev–Trinajstić information content (AvgIpc) is 2.34. The maximum atomic E-state index is 10.3. The molecule has 0 heterocycles. The van der Waals surface area contributed by atoms with Crippen molar-refractivity contribution in [2.75, 3.05) is 27.9 Å². The molecule has 1 unspecified atom stereocenters. The molecule has 0 radical (unpaired) electrons. The van der Waals surface area contributed by atoms with E-state index in [2.05, 4.69) is 18.1 Å². The van der Waals surface area contributed by atoms with Crippen LogP contribution in [0.15, 0.2) is 4.99 Å². The number of hydrogen-bond acceptors (Lipinski definition) is 6. The molecule has 17 heavy (non-hydrogen) atoms. The molecule has 0 aliphatic carbocycles. The molecular formula is C9H21NO5Si2. The van der Waals surface area contributed by atoms with Crippen molar-refractivity contribution in [3.63, 3.8) is 0 Å². The minimum atomic E-state index is -2.97. The van der Waals surface area contributed by atoms with Crippen LogP contribution in [0.25, 0.3) is 0 Å². The van der Waals surface area contributed by atoms with Gasteiger partial charge < -0.3 is 17.7 Å². The summed E-state index contributed by atoms with van der Waals surface area (Å²) in [7, 11) is 0.453. The second-order valence-electron chi connectivity index (χ2n) is 3.78.